The molecule has 0 aromatic heterocycles. The summed E-state index contributed by atoms with van der Waals surface area (Å²) in [5.74, 6) is 0. The average Bonchev–Trinajstić information content (AvgIpc) is 2.80. The number of fused-ring (bicyclic) bond motifs is 1. The maximum Gasteiger partial charge on any atom is 0.0589 e. The Balaban J connectivity index is 2.02. The molecule has 1 aliphatic rings. The topological polar surface area (TPSA) is 47.7 Å². The SMILES string of the molecule is COCCCN(CCOC)C1Cc2ccccc2C1N. The second kappa shape index (κ2) is 7.74. The van der Waals surface area contributed by atoms with Gasteiger partial charge in [0.25, 0.3) is 0 Å². The Morgan fingerprint density at radius 3 is 2.60 bits per heavy atom. The first-order chi connectivity index (χ1) is 9.77. The van der Waals surface area contributed by atoms with E-state index in [2.05, 4.69) is 29.2 Å². The summed E-state index contributed by atoms with van der Waals surface area (Å²) in [6, 6.07) is 9.00. The first-order valence-electron chi connectivity index (χ1n) is 7.33. The lowest BCUT2D eigenvalue weighted by Gasteiger charge is -2.31. The molecule has 4 heteroatoms. The smallest absolute Gasteiger partial charge is 0.0589 e. The van der Waals surface area contributed by atoms with Crippen LogP contribution in [0, 0.1) is 0 Å². The monoisotopic (exact) mass is 278 g/mol. The van der Waals surface area contributed by atoms with Crippen LogP contribution in [-0.2, 0) is 15.9 Å². The molecule has 0 fully saturated rings. The van der Waals surface area contributed by atoms with Gasteiger partial charge in [-0.3, -0.25) is 4.90 Å². The van der Waals surface area contributed by atoms with Crippen LogP contribution in [0.1, 0.15) is 23.6 Å². The van der Waals surface area contributed by atoms with Crippen LogP contribution in [0.4, 0.5) is 0 Å². The highest BCUT2D eigenvalue weighted by atomic mass is 16.5. The van der Waals surface area contributed by atoms with Crippen LogP contribution in [0.5, 0.6) is 0 Å². The Hall–Kier alpha value is -0.940. The van der Waals surface area contributed by atoms with Crippen molar-refractivity contribution in [3.05, 3.63) is 35.4 Å². The minimum atomic E-state index is 0.102. The summed E-state index contributed by atoms with van der Waals surface area (Å²) in [6.45, 7) is 3.46. The zero-order valence-electron chi connectivity index (χ0n) is 12.5. The minimum Gasteiger partial charge on any atom is -0.385 e. The van der Waals surface area contributed by atoms with E-state index in [0.29, 0.717) is 6.04 Å². The van der Waals surface area contributed by atoms with Gasteiger partial charge in [0.1, 0.15) is 0 Å². The molecule has 0 bridgehead atoms. The third kappa shape index (κ3) is 3.58. The van der Waals surface area contributed by atoms with Crippen molar-refractivity contribution in [1.82, 2.24) is 4.90 Å². The predicted octanol–water partition coefficient (Wildman–Crippen LogP) is 1.60. The van der Waals surface area contributed by atoms with Crippen molar-refractivity contribution in [2.75, 3.05) is 40.5 Å². The number of benzene rings is 1. The van der Waals surface area contributed by atoms with Gasteiger partial charge in [-0.1, -0.05) is 24.3 Å². The molecule has 20 heavy (non-hydrogen) atoms. The van der Waals surface area contributed by atoms with Gasteiger partial charge in [-0.25, -0.2) is 0 Å². The predicted molar refractivity (Wildman–Crippen MR) is 80.8 cm³/mol. The summed E-state index contributed by atoms with van der Waals surface area (Å²) >= 11 is 0. The van der Waals surface area contributed by atoms with E-state index >= 15 is 0 Å². The molecule has 0 aliphatic heterocycles. The fourth-order valence-electron chi connectivity index (χ4n) is 3.03. The van der Waals surface area contributed by atoms with E-state index in [1.165, 1.54) is 11.1 Å². The van der Waals surface area contributed by atoms with Gasteiger partial charge in [-0.15, -0.1) is 0 Å². The van der Waals surface area contributed by atoms with E-state index in [4.69, 9.17) is 15.2 Å². The molecule has 0 spiro atoms. The largest absolute Gasteiger partial charge is 0.385 e. The van der Waals surface area contributed by atoms with Gasteiger partial charge in [0.15, 0.2) is 0 Å². The molecule has 2 unspecified atom stereocenters. The lowest BCUT2D eigenvalue weighted by molar-refractivity contribution is 0.100. The van der Waals surface area contributed by atoms with Gasteiger partial charge in [0.2, 0.25) is 0 Å². The summed E-state index contributed by atoms with van der Waals surface area (Å²) in [7, 11) is 3.49. The first kappa shape index (κ1) is 15.4. The fraction of sp³-hybridized carbons (Fsp3) is 0.625. The van der Waals surface area contributed by atoms with Crippen LogP contribution < -0.4 is 5.73 Å². The molecule has 2 atom stereocenters. The van der Waals surface area contributed by atoms with Crippen molar-refractivity contribution in [2.24, 2.45) is 5.73 Å². The number of hydrogen-bond acceptors (Lipinski definition) is 4. The number of methoxy groups -OCH3 is 2. The maximum absolute atomic E-state index is 6.45. The summed E-state index contributed by atoms with van der Waals surface area (Å²) in [5, 5.41) is 0. The van der Waals surface area contributed by atoms with Gasteiger partial charge in [0.05, 0.1) is 6.61 Å². The van der Waals surface area contributed by atoms with E-state index in [-0.39, 0.29) is 6.04 Å². The molecular formula is C16H26N2O2. The zero-order chi connectivity index (χ0) is 14.4. The quantitative estimate of drug-likeness (QED) is 0.734. The summed E-state index contributed by atoms with van der Waals surface area (Å²) < 4.78 is 10.4. The summed E-state index contributed by atoms with van der Waals surface area (Å²) in [4.78, 5) is 2.45. The molecule has 0 heterocycles. The van der Waals surface area contributed by atoms with Gasteiger partial charge in [-0.05, 0) is 24.0 Å². The third-order valence-electron chi connectivity index (χ3n) is 4.10. The Morgan fingerprint density at radius 2 is 1.90 bits per heavy atom. The Morgan fingerprint density at radius 1 is 1.15 bits per heavy atom. The molecule has 0 saturated carbocycles. The standard InChI is InChI=1S/C16H26N2O2/c1-19-10-5-8-18(9-11-20-2)15-12-13-6-3-4-7-14(13)16(15)17/h3-4,6-7,15-16H,5,8-12,17H2,1-2H3. The molecule has 4 nitrogen and oxygen atoms in total. The maximum atomic E-state index is 6.45. The Bertz CT molecular complexity index is 411. The Kier molecular flexibility index (Phi) is 5.98. The molecular weight excluding hydrogens is 252 g/mol. The molecule has 1 aliphatic carbocycles. The molecule has 2 rings (SSSR count). The van der Waals surface area contributed by atoms with E-state index in [1.807, 2.05) is 0 Å². The molecule has 2 N–H and O–H groups in total. The number of nitrogens with two attached hydrogens (primary N) is 1. The Labute approximate surface area is 121 Å². The third-order valence-corrected chi connectivity index (χ3v) is 4.10. The highest BCUT2D eigenvalue weighted by Crippen LogP contribution is 2.32. The lowest BCUT2D eigenvalue weighted by Crippen LogP contribution is -2.43. The second-order valence-corrected chi connectivity index (χ2v) is 5.37. The van der Waals surface area contributed by atoms with Crippen molar-refractivity contribution in [3.63, 3.8) is 0 Å². The minimum absolute atomic E-state index is 0.102. The van der Waals surface area contributed by atoms with E-state index in [1.54, 1.807) is 14.2 Å². The van der Waals surface area contributed by atoms with Crippen molar-refractivity contribution in [2.45, 2.75) is 24.9 Å². The molecule has 0 radical (unpaired) electrons. The summed E-state index contributed by atoms with van der Waals surface area (Å²) in [5.41, 5.74) is 9.14. The highest BCUT2D eigenvalue weighted by molar-refractivity contribution is 5.36. The normalized spacial score (nSPS) is 21.4. The van der Waals surface area contributed by atoms with E-state index < -0.39 is 0 Å². The van der Waals surface area contributed by atoms with Gasteiger partial charge < -0.3 is 15.2 Å². The van der Waals surface area contributed by atoms with Crippen molar-refractivity contribution >= 4 is 0 Å². The number of ether oxygens (including phenoxy) is 2. The molecule has 112 valence electrons. The van der Waals surface area contributed by atoms with Crippen LogP contribution in [0.3, 0.4) is 0 Å². The lowest BCUT2D eigenvalue weighted by atomic mass is 10.1. The van der Waals surface area contributed by atoms with Crippen LogP contribution in [-0.4, -0.2) is 51.5 Å². The summed E-state index contributed by atoms with van der Waals surface area (Å²) in [6.07, 6.45) is 2.06. The van der Waals surface area contributed by atoms with Crippen molar-refractivity contribution < 1.29 is 9.47 Å². The van der Waals surface area contributed by atoms with Crippen LogP contribution in [0.25, 0.3) is 0 Å². The number of hydrogen-bond donors (Lipinski definition) is 1. The fourth-order valence-corrected chi connectivity index (χ4v) is 3.03. The van der Waals surface area contributed by atoms with E-state index in [0.717, 1.165) is 39.1 Å². The molecule has 1 aromatic rings. The van der Waals surface area contributed by atoms with Crippen LogP contribution in [0.2, 0.25) is 0 Å². The molecule has 0 saturated heterocycles. The van der Waals surface area contributed by atoms with Gasteiger partial charge >= 0.3 is 0 Å². The molecule has 1 aromatic carbocycles. The van der Waals surface area contributed by atoms with Crippen molar-refractivity contribution in [1.29, 1.82) is 0 Å². The zero-order valence-corrected chi connectivity index (χ0v) is 12.5. The average molecular weight is 278 g/mol. The number of rotatable bonds is 8. The molecule has 0 amide bonds. The van der Waals surface area contributed by atoms with Gasteiger partial charge in [0, 0.05) is 46.0 Å². The highest BCUT2D eigenvalue weighted by Gasteiger charge is 2.33. The van der Waals surface area contributed by atoms with E-state index in [9.17, 15) is 0 Å². The first-order valence-corrected chi connectivity index (χ1v) is 7.33. The second-order valence-electron chi connectivity index (χ2n) is 5.37. The van der Waals surface area contributed by atoms with Crippen LogP contribution >= 0.6 is 0 Å². The number of nitrogens with zero attached hydrogens (tertiary/aromatic N) is 1. The van der Waals surface area contributed by atoms with Crippen LogP contribution in [0.15, 0.2) is 24.3 Å². The van der Waals surface area contributed by atoms with Crippen molar-refractivity contribution in [3.8, 4) is 0 Å². The van der Waals surface area contributed by atoms with Gasteiger partial charge in [-0.2, -0.15) is 0 Å².